The number of pyridine rings is 1. The van der Waals surface area contributed by atoms with Gasteiger partial charge < -0.3 is 10.5 Å². The van der Waals surface area contributed by atoms with Crippen molar-refractivity contribution >= 4 is 5.69 Å². The van der Waals surface area contributed by atoms with E-state index in [2.05, 4.69) is 4.98 Å². The minimum absolute atomic E-state index is 0.215. The Kier molecular flexibility index (Phi) is 1.93. The molecule has 0 saturated heterocycles. The van der Waals surface area contributed by atoms with E-state index in [0.717, 1.165) is 0 Å². The Morgan fingerprint density at radius 1 is 1.73 bits per heavy atom. The zero-order chi connectivity index (χ0) is 8.27. The second-order valence-electron chi connectivity index (χ2n) is 1.89. The number of rotatable bonds is 1. The van der Waals surface area contributed by atoms with E-state index in [1.807, 2.05) is 6.07 Å². The molecule has 0 aliphatic heterocycles. The van der Waals surface area contributed by atoms with E-state index in [1.165, 1.54) is 13.3 Å². The molecule has 2 N–H and O–H groups in total. The standard InChI is InChI=1S/C7H7N3O/c1-11-7-5(9)2-3-10-6(7)4-8/h2-3H,1H3,(H2,9,10). The summed E-state index contributed by atoms with van der Waals surface area (Å²) in [5.41, 5.74) is 6.14. The third kappa shape index (κ3) is 1.22. The molecule has 0 aliphatic rings. The van der Waals surface area contributed by atoms with Crippen molar-refractivity contribution in [3.8, 4) is 11.8 Å². The number of anilines is 1. The highest BCUT2D eigenvalue weighted by Crippen LogP contribution is 2.22. The molecule has 0 spiro atoms. The lowest BCUT2D eigenvalue weighted by molar-refractivity contribution is 0.413. The summed E-state index contributed by atoms with van der Waals surface area (Å²) in [6.07, 6.45) is 1.47. The van der Waals surface area contributed by atoms with E-state index in [9.17, 15) is 0 Å². The normalized spacial score (nSPS) is 8.73. The van der Waals surface area contributed by atoms with Crippen molar-refractivity contribution < 1.29 is 4.74 Å². The van der Waals surface area contributed by atoms with Crippen molar-refractivity contribution in [3.05, 3.63) is 18.0 Å². The van der Waals surface area contributed by atoms with Gasteiger partial charge in [-0.3, -0.25) is 0 Å². The van der Waals surface area contributed by atoms with Crippen LogP contribution in [0.3, 0.4) is 0 Å². The summed E-state index contributed by atoms with van der Waals surface area (Å²) in [7, 11) is 1.45. The van der Waals surface area contributed by atoms with E-state index in [4.69, 9.17) is 15.7 Å². The van der Waals surface area contributed by atoms with Crippen LogP contribution in [0.4, 0.5) is 5.69 Å². The molecule has 1 rings (SSSR count). The van der Waals surface area contributed by atoms with Gasteiger partial charge >= 0.3 is 0 Å². The van der Waals surface area contributed by atoms with Gasteiger partial charge in [-0.25, -0.2) is 4.98 Å². The van der Waals surface area contributed by atoms with Gasteiger partial charge in [-0.1, -0.05) is 0 Å². The Hall–Kier alpha value is -1.76. The molecule has 1 heterocycles. The molecule has 0 bridgehead atoms. The zero-order valence-electron chi connectivity index (χ0n) is 6.03. The van der Waals surface area contributed by atoms with Crippen LogP contribution in [0.1, 0.15) is 5.69 Å². The molecule has 56 valence electrons. The molecule has 0 aromatic carbocycles. The van der Waals surface area contributed by atoms with Crippen LogP contribution in [0.2, 0.25) is 0 Å². The van der Waals surface area contributed by atoms with Crippen molar-refractivity contribution in [2.75, 3.05) is 12.8 Å². The summed E-state index contributed by atoms with van der Waals surface area (Å²) in [4.78, 5) is 3.76. The monoisotopic (exact) mass is 149 g/mol. The number of ether oxygens (including phenoxy) is 1. The van der Waals surface area contributed by atoms with Crippen molar-refractivity contribution in [1.29, 1.82) is 5.26 Å². The van der Waals surface area contributed by atoms with Gasteiger partial charge in [-0.15, -0.1) is 0 Å². The maximum atomic E-state index is 8.53. The fourth-order valence-corrected chi connectivity index (χ4v) is 0.757. The molecular weight excluding hydrogens is 142 g/mol. The average molecular weight is 149 g/mol. The van der Waals surface area contributed by atoms with Crippen LogP contribution in [0.25, 0.3) is 0 Å². The van der Waals surface area contributed by atoms with E-state index in [1.54, 1.807) is 6.07 Å². The number of hydrogen-bond donors (Lipinski definition) is 1. The van der Waals surface area contributed by atoms with E-state index >= 15 is 0 Å². The molecule has 4 nitrogen and oxygen atoms in total. The maximum absolute atomic E-state index is 8.53. The lowest BCUT2D eigenvalue weighted by Crippen LogP contribution is -1.96. The molecule has 4 heteroatoms. The van der Waals surface area contributed by atoms with Crippen LogP contribution >= 0.6 is 0 Å². The van der Waals surface area contributed by atoms with E-state index in [0.29, 0.717) is 11.4 Å². The predicted octanol–water partition coefficient (Wildman–Crippen LogP) is 0.544. The van der Waals surface area contributed by atoms with Crippen molar-refractivity contribution in [1.82, 2.24) is 4.98 Å². The van der Waals surface area contributed by atoms with Gasteiger partial charge in [0.05, 0.1) is 12.8 Å². The minimum Gasteiger partial charge on any atom is -0.492 e. The van der Waals surface area contributed by atoms with Crippen LogP contribution in [0.15, 0.2) is 12.3 Å². The second-order valence-corrected chi connectivity index (χ2v) is 1.89. The molecule has 0 aliphatic carbocycles. The Balaban J connectivity index is 3.27. The highest BCUT2D eigenvalue weighted by molar-refractivity contribution is 5.57. The van der Waals surface area contributed by atoms with Gasteiger partial charge in [0.25, 0.3) is 0 Å². The smallest absolute Gasteiger partial charge is 0.184 e. The van der Waals surface area contributed by atoms with Gasteiger partial charge in [0.15, 0.2) is 11.4 Å². The van der Waals surface area contributed by atoms with Gasteiger partial charge in [-0.2, -0.15) is 5.26 Å². The quantitative estimate of drug-likeness (QED) is 0.632. The van der Waals surface area contributed by atoms with Crippen LogP contribution < -0.4 is 10.5 Å². The van der Waals surface area contributed by atoms with E-state index < -0.39 is 0 Å². The summed E-state index contributed by atoms with van der Waals surface area (Å²) in [5, 5.41) is 8.53. The van der Waals surface area contributed by atoms with Crippen molar-refractivity contribution in [2.24, 2.45) is 0 Å². The highest BCUT2D eigenvalue weighted by atomic mass is 16.5. The largest absolute Gasteiger partial charge is 0.492 e. The third-order valence-electron chi connectivity index (χ3n) is 1.25. The number of methoxy groups -OCH3 is 1. The minimum atomic E-state index is 0.215. The molecule has 0 saturated carbocycles. The Morgan fingerprint density at radius 2 is 2.45 bits per heavy atom. The molecule has 1 aromatic heterocycles. The number of hydrogen-bond acceptors (Lipinski definition) is 4. The number of nitrogens with two attached hydrogens (primary N) is 1. The summed E-state index contributed by atoms with van der Waals surface area (Å²) in [6, 6.07) is 3.45. The molecule has 1 aromatic rings. The fraction of sp³-hybridized carbons (Fsp3) is 0.143. The average Bonchev–Trinajstić information content (AvgIpc) is 2.04. The first-order valence-electron chi connectivity index (χ1n) is 2.98. The SMILES string of the molecule is COc1c(N)ccnc1C#N. The maximum Gasteiger partial charge on any atom is 0.184 e. The van der Waals surface area contributed by atoms with Crippen LogP contribution in [-0.4, -0.2) is 12.1 Å². The first-order valence-corrected chi connectivity index (χ1v) is 2.98. The predicted molar refractivity (Wildman–Crippen MR) is 39.9 cm³/mol. The molecule has 0 amide bonds. The fourth-order valence-electron chi connectivity index (χ4n) is 0.757. The highest BCUT2D eigenvalue weighted by Gasteiger charge is 2.05. The van der Waals surface area contributed by atoms with Gasteiger partial charge in [0.2, 0.25) is 0 Å². The number of nitriles is 1. The first-order chi connectivity index (χ1) is 5.29. The van der Waals surface area contributed by atoms with Crippen LogP contribution in [0.5, 0.6) is 5.75 Å². The second kappa shape index (κ2) is 2.88. The lowest BCUT2D eigenvalue weighted by Gasteiger charge is -2.03. The summed E-state index contributed by atoms with van der Waals surface area (Å²) >= 11 is 0. The number of aromatic nitrogens is 1. The summed E-state index contributed by atoms with van der Waals surface area (Å²) in [5.74, 6) is 0.343. The molecule has 11 heavy (non-hydrogen) atoms. The van der Waals surface area contributed by atoms with Crippen molar-refractivity contribution in [2.45, 2.75) is 0 Å². The van der Waals surface area contributed by atoms with Gasteiger partial charge in [0.1, 0.15) is 6.07 Å². The molecule has 0 unspecified atom stereocenters. The Bertz CT molecular complexity index is 303. The topological polar surface area (TPSA) is 71.9 Å². The summed E-state index contributed by atoms with van der Waals surface area (Å²) < 4.78 is 4.86. The van der Waals surface area contributed by atoms with Crippen molar-refractivity contribution in [3.63, 3.8) is 0 Å². The lowest BCUT2D eigenvalue weighted by atomic mass is 10.3. The Morgan fingerprint density at radius 3 is 2.91 bits per heavy atom. The zero-order valence-corrected chi connectivity index (χ0v) is 6.03. The number of nitrogen functional groups attached to an aromatic ring is 1. The molecular formula is C7H7N3O. The summed E-state index contributed by atoms with van der Waals surface area (Å²) in [6.45, 7) is 0. The van der Waals surface area contributed by atoms with Gasteiger partial charge in [0, 0.05) is 6.20 Å². The molecule has 0 atom stereocenters. The van der Waals surface area contributed by atoms with Crippen LogP contribution in [-0.2, 0) is 0 Å². The third-order valence-corrected chi connectivity index (χ3v) is 1.25. The molecule has 0 radical (unpaired) electrons. The first kappa shape index (κ1) is 7.35. The van der Waals surface area contributed by atoms with Gasteiger partial charge in [-0.05, 0) is 6.07 Å². The Labute approximate surface area is 64.2 Å². The number of nitrogens with zero attached hydrogens (tertiary/aromatic N) is 2. The molecule has 0 fully saturated rings. The van der Waals surface area contributed by atoms with E-state index in [-0.39, 0.29) is 5.69 Å². The van der Waals surface area contributed by atoms with Crippen LogP contribution in [0, 0.1) is 11.3 Å².